The molecular weight excluding hydrogens is 650 g/mol. The van der Waals surface area contributed by atoms with E-state index in [-0.39, 0.29) is 46.9 Å². The zero-order valence-electron chi connectivity index (χ0n) is 22.0. The Balaban J connectivity index is 1.74. The zero-order chi connectivity index (χ0) is 32.0. The van der Waals surface area contributed by atoms with E-state index in [0.29, 0.717) is 0 Å². The zero-order valence-corrected chi connectivity index (χ0v) is 24.4. The number of aromatic nitrogens is 2. The first-order valence-electron chi connectivity index (χ1n) is 12.1. The molecule has 1 atom stereocenters. The van der Waals surface area contributed by atoms with Gasteiger partial charge in [0.05, 0.1) is 29.5 Å². The maximum Gasteiger partial charge on any atom is 0.430 e. The molecule has 1 fully saturated rings. The molecule has 1 aliphatic heterocycles. The van der Waals surface area contributed by atoms with Crippen LogP contribution in [0.1, 0.15) is 5.56 Å². The van der Waals surface area contributed by atoms with Crippen molar-refractivity contribution >= 4 is 48.0 Å². The first kappa shape index (κ1) is 32.7. The quantitative estimate of drug-likeness (QED) is 0.344. The number of nitrogens with two attached hydrogens (primary N) is 1. The Hall–Kier alpha value is -3.20. The van der Waals surface area contributed by atoms with Crippen molar-refractivity contribution in [1.29, 1.82) is 0 Å². The fourth-order valence-electron chi connectivity index (χ4n) is 4.43. The van der Waals surface area contributed by atoms with Crippen LogP contribution in [0.5, 0.6) is 0 Å². The highest BCUT2D eigenvalue weighted by Crippen LogP contribution is 2.49. The number of aliphatic hydroxyl groups is 1. The SMILES string of the molecule is CS(=O)(=O)N(CC1CN(S(=O)(=O)c2ccc(N)s2)CCN1c1ncc(C(O)(C(F)(F)F)C(F)(F)F)cn1)c1ccccc1. The highest BCUT2D eigenvalue weighted by atomic mass is 32.2. The van der Waals surface area contributed by atoms with E-state index in [1.165, 1.54) is 29.2 Å². The van der Waals surface area contributed by atoms with Gasteiger partial charge in [-0.15, -0.1) is 11.3 Å². The van der Waals surface area contributed by atoms with Crippen molar-refractivity contribution in [3.8, 4) is 0 Å². The molecule has 0 bridgehead atoms. The number of piperazine rings is 1. The molecule has 20 heteroatoms. The Bertz CT molecular complexity index is 1640. The summed E-state index contributed by atoms with van der Waals surface area (Å²) < 4.78 is 134. The molecule has 1 unspecified atom stereocenters. The van der Waals surface area contributed by atoms with E-state index in [0.717, 1.165) is 26.2 Å². The second-order valence-electron chi connectivity index (χ2n) is 9.47. The molecule has 1 aliphatic rings. The van der Waals surface area contributed by atoms with Gasteiger partial charge in [0.1, 0.15) is 4.21 Å². The Morgan fingerprint density at radius 3 is 2.05 bits per heavy atom. The summed E-state index contributed by atoms with van der Waals surface area (Å²) >= 11 is 0.806. The van der Waals surface area contributed by atoms with E-state index in [1.54, 1.807) is 18.2 Å². The molecule has 0 aliphatic carbocycles. The van der Waals surface area contributed by atoms with Gasteiger partial charge in [0, 0.05) is 37.6 Å². The van der Waals surface area contributed by atoms with Gasteiger partial charge in [0.2, 0.25) is 16.0 Å². The van der Waals surface area contributed by atoms with Gasteiger partial charge in [0.25, 0.3) is 15.6 Å². The number of hydrogen-bond acceptors (Lipinski definition) is 10. The van der Waals surface area contributed by atoms with Crippen LogP contribution in [0.3, 0.4) is 0 Å². The van der Waals surface area contributed by atoms with Crippen LogP contribution in [-0.2, 0) is 25.6 Å². The third kappa shape index (κ3) is 6.37. The maximum atomic E-state index is 13.3. The van der Waals surface area contributed by atoms with Gasteiger partial charge in [-0.05, 0) is 24.3 Å². The van der Waals surface area contributed by atoms with Crippen LogP contribution < -0.4 is 14.9 Å². The van der Waals surface area contributed by atoms with Crippen LogP contribution in [0.15, 0.2) is 59.1 Å². The molecule has 3 N–H and O–H groups in total. The number of thiophene rings is 1. The first-order chi connectivity index (χ1) is 19.8. The summed E-state index contributed by atoms with van der Waals surface area (Å²) in [6.45, 7) is -1.21. The van der Waals surface area contributed by atoms with E-state index >= 15 is 0 Å². The highest BCUT2D eigenvalue weighted by Gasteiger charge is 2.71. The van der Waals surface area contributed by atoms with E-state index < -0.39 is 62.1 Å². The molecule has 1 aromatic carbocycles. The lowest BCUT2D eigenvalue weighted by Crippen LogP contribution is -2.59. The van der Waals surface area contributed by atoms with Crippen LogP contribution in [0, 0.1) is 0 Å². The number of rotatable bonds is 8. The van der Waals surface area contributed by atoms with Crippen LogP contribution in [0.25, 0.3) is 0 Å². The normalized spacial score (nSPS) is 17.7. The van der Waals surface area contributed by atoms with Crippen molar-refractivity contribution < 1.29 is 48.3 Å². The van der Waals surface area contributed by atoms with Crippen LogP contribution in [0.4, 0.5) is 43.0 Å². The minimum absolute atomic E-state index is 0.0839. The van der Waals surface area contributed by atoms with Gasteiger partial charge in [-0.1, -0.05) is 18.2 Å². The monoisotopic (exact) mass is 674 g/mol. The summed E-state index contributed by atoms with van der Waals surface area (Å²) in [4.78, 5) is 8.56. The molecular formula is C23H24F6N6O5S3. The smallest absolute Gasteiger partial charge is 0.391 e. The Kier molecular flexibility index (Phi) is 8.66. The molecule has 3 heterocycles. The standard InChI is InChI=1S/C23H24F6N6O5S3/c1-42(37,38)35(16-5-3-2-4-6-16)14-17-13-33(43(39,40)19-8-7-18(30)41-19)9-10-34(17)20-31-11-15(12-32-20)21(36,22(24,25)26)23(27,28)29/h2-8,11-12,17,36H,9-10,13-14,30H2,1H3. The fraction of sp³-hybridized carbons (Fsp3) is 0.391. The summed E-state index contributed by atoms with van der Waals surface area (Å²) in [6, 6.07) is 9.35. The Morgan fingerprint density at radius 1 is 0.977 bits per heavy atom. The van der Waals surface area contributed by atoms with Gasteiger partial charge in [-0.2, -0.15) is 30.6 Å². The number of benzene rings is 1. The number of alkyl halides is 6. The van der Waals surface area contributed by atoms with Crippen LogP contribution in [-0.4, -0.2) is 87.0 Å². The van der Waals surface area contributed by atoms with Crippen molar-refractivity contribution in [2.24, 2.45) is 0 Å². The van der Waals surface area contributed by atoms with Gasteiger partial charge in [0.15, 0.2) is 0 Å². The molecule has 236 valence electrons. The number of halogens is 6. The molecule has 2 aromatic heterocycles. The lowest BCUT2D eigenvalue weighted by molar-refractivity contribution is -0.376. The largest absolute Gasteiger partial charge is 0.430 e. The summed E-state index contributed by atoms with van der Waals surface area (Å²) in [7, 11) is -8.10. The minimum atomic E-state index is -6.16. The van der Waals surface area contributed by atoms with Crippen LogP contribution in [0.2, 0.25) is 0 Å². The van der Waals surface area contributed by atoms with Crippen LogP contribution >= 0.6 is 11.3 Å². The number of hydrogen-bond donors (Lipinski definition) is 2. The molecule has 0 radical (unpaired) electrons. The predicted octanol–water partition coefficient (Wildman–Crippen LogP) is 2.78. The average molecular weight is 675 g/mol. The first-order valence-corrected chi connectivity index (χ1v) is 16.2. The molecule has 4 rings (SSSR count). The fourth-order valence-corrected chi connectivity index (χ4v) is 8.09. The summed E-state index contributed by atoms with van der Waals surface area (Å²) in [5.41, 5.74) is -1.05. The second-order valence-corrected chi connectivity index (χ2v) is 14.7. The van der Waals surface area contributed by atoms with E-state index in [4.69, 9.17) is 5.73 Å². The van der Waals surface area contributed by atoms with Crippen molar-refractivity contribution in [3.05, 3.63) is 60.4 Å². The van der Waals surface area contributed by atoms with E-state index in [2.05, 4.69) is 9.97 Å². The number of nitrogen functional groups attached to an aromatic ring is 1. The van der Waals surface area contributed by atoms with Gasteiger partial charge >= 0.3 is 12.4 Å². The van der Waals surface area contributed by atoms with Crippen molar-refractivity contribution in [3.63, 3.8) is 0 Å². The topological polar surface area (TPSA) is 150 Å². The second kappa shape index (κ2) is 11.4. The molecule has 0 amide bonds. The third-order valence-electron chi connectivity index (χ3n) is 6.60. The van der Waals surface area contributed by atoms with Crippen molar-refractivity contribution in [2.45, 2.75) is 28.2 Å². The van der Waals surface area contributed by atoms with E-state index in [9.17, 15) is 48.3 Å². The third-order valence-corrected chi connectivity index (χ3v) is 11.0. The summed E-state index contributed by atoms with van der Waals surface area (Å²) in [5, 5.41) is 9.91. The molecule has 11 nitrogen and oxygen atoms in total. The van der Waals surface area contributed by atoms with E-state index in [1.807, 2.05) is 0 Å². The highest BCUT2D eigenvalue weighted by molar-refractivity contribution is 7.92. The lowest BCUT2D eigenvalue weighted by Gasteiger charge is -2.42. The molecule has 43 heavy (non-hydrogen) atoms. The van der Waals surface area contributed by atoms with Gasteiger partial charge in [-0.3, -0.25) is 4.31 Å². The average Bonchev–Trinajstić information content (AvgIpc) is 3.37. The number of sulfonamides is 2. The lowest BCUT2D eigenvalue weighted by atomic mass is 9.95. The summed E-state index contributed by atoms with van der Waals surface area (Å²) in [6.07, 6.45) is -11.1. The maximum absolute atomic E-state index is 13.3. The van der Waals surface area contributed by atoms with Gasteiger partial charge in [-0.25, -0.2) is 26.8 Å². The number of para-hydroxylation sites is 1. The van der Waals surface area contributed by atoms with Crippen molar-refractivity contribution in [2.75, 3.05) is 47.4 Å². The minimum Gasteiger partial charge on any atom is -0.391 e. The molecule has 1 saturated heterocycles. The summed E-state index contributed by atoms with van der Waals surface area (Å²) in [5.74, 6) is -0.417. The van der Waals surface area contributed by atoms with Gasteiger partial charge < -0.3 is 15.7 Å². The molecule has 0 spiro atoms. The molecule has 0 saturated carbocycles. The molecule has 3 aromatic rings. The Morgan fingerprint density at radius 2 is 1.56 bits per heavy atom. The Labute approximate surface area is 246 Å². The number of nitrogens with zero attached hydrogens (tertiary/aromatic N) is 5. The van der Waals surface area contributed by atoms with Crippen molar-refractivity contribution in [1.82, 2.24) is 14.3 Å². The number of anilines is 3. The predicted molar refractivity (Wildman–Crippen MR) is 145 cm³/mol.